The van der Waals surface area contributed by atoms with Gasteiger partial charge in [-0.25, -0.2) is 0 Å². The number of carboxylic acids is 1. The minimum Gasteiger partial charge on any atom is -0.497 e. The average molecular weight is 232 g/mol. The quantitative estimate of drug-likeness (QED) is 0.813. The molecular weight excluding hydrogens is 218 g/mol. The Balaban J connectivity index is 0.00000196. The first-order valence-corrected chi connectivity index (χ1v) is 4.25. The summed E-state index contributed by atoms with van der Waals surface area (Å²) in [4.78, 5) is 10.5. The van der Waals surface area contributed by atoms with E-state index in [4.69, 9.17) is 15.6 Å². The molecule has 5 heteroatoms. The van der Waals surface area contributed by atoms with Gasteiger partial charge in [-0.15, -0.1) is 12.4 Å². The summed E-state index contributed by atoms with van der Waals surface area (Å²) in [7, 11) is 1.58. The number of carboxylic acid groups (broad SMARTS) is 1. The number of nitrogens with two attached hydrogens (primary N) is 1. The van der Waals surface area contributed by atoms with E-state index in [1.165, 1.54) is 0 Å². The number of halogens is 1. The zero-order chi connectivity index (χ0) is 10.6. The van der Waals surface area contributed by atoms with E-state index in [1.54, 1.807) is 19.2 Å². The fourth-order valence-electron chi connectivity index (χ4n) is 1.10. The van der Waals surface area contributed by atoms with Crippen molar-refractivity contribution in [3.8, 4) is 5.75 Å². The second kappa shape index (κ2) is 6.27. The fraction of sp³-hybridized carbons (Fsp3) is 0.300. The highest BCUT2D eigenvalue weighted by Gasteiger charge is 2.11. The lowest BCUT2D eigenvalue weighted by molar-refractivity contribution is -0.138. The van der Waals surface area contributed by atoms with Crippen LogP contribution in [0.1, 0.15) is 5.56 Å². The van der Waals surface area contributed by atoms with E-state index in [1.807, 2.05) is 12.1 Å². The third-order valence-corrected chi connectivity index (χ3v) is 1.93. The number of rotatable bonds is 4. The Morgan fingerprint density at radius 3 is 2.40 bits per heavy atom. The molecule has 0 aliphatic rings. The lowest BCUT2D eigenvalue weighted by Crippen LogP contribution is -2.32. The van der Waals surface area contributed by atoms with Crippen LogP contribution < -0.4 is 10.5 Å². The first kappa shape index (κ1) is 13.7. The van der Waals surface area contributed by atoms with Gasteiger partial charge in [-0.2, -0.15) is 0 Å². The zero-order valence-electron chi connectivity index (χ0n) is 8.34. The molecule has 4 nitrogen and oxygen atoms in total. The second-order valence-corrected chi connectivity index (χ2v) is 3.00. The summed E-state index contributed by atoms with van der Waals surface area (Å²) in [6.45, 7) is 0. The van der Waals surface area contributed by atoms with Gasteiger partial charge in [0.15, 0.2) is 0 Å². The SMILES string of the molecule is COc1ccc(C[C@H](N)C(=O)O)cc1.Cl. The van der Waals surface area contributed by atoms with Crippen LogP contribution in [-0.2, 0) is 11.2 Å². The molecule has 0 heterocycles. The summed E-state index contributed by atoms with van der Waals surface area (Å²) in [5.41, 5.74) is 6.28. The maximum absolute atomic E-state index is 10.5. The molecule has 0 aliphatic carbocycles. The summed E-state index contributed by atoms with van der Waals surface area (Å²) in [6, 6.07) is 6.33. The van der Waals surface area contributed by atoms with Gasteiger partial charge in [0.2, 0.25) is 0 Å². The molecular formula is C10H14ClNO3. The maximum Gasteiger partial charge on any atom is 0.320 e. The van der Waals surface area contributed by atoms with E-state index in [0.717, 1.165) is 11.3 Å². The molecule has 3 N–H and O–H groups in total. The van der Waals surface area contributed by atoms with Crippen LogP contribution in [0.2, 0.25) is 0 Å². The van der Waals surface area contributed by atoms with Crippen LogP contribution in [0.15, 0.2) is 24.3 Å². The summed E-state index contributed by atoms with van der Waals surface area (Å²) < 4.78 is 4.97. The van der Waals surface area contributed by atoms with Crippen LogP contribution in [-0.4, -0.2) is 24.2 Å². The predicted octanol–water partition coefficient (Wildman–Crippen LogP) is 1.07. The molecule has 0 aliphatic heterocycles. The zero-order valence-corrected chi connectivity index (χ0v) is 9.16. The average Bonchev–Trinajstić information content (AvgIpc) is 2.19. The second-order valence-electron chi connectivity index (χ2n) is 3.00. The molecule has 15 heavy (non-hydrogen) atoms. The fourth-order valence-corrected chi connectivity index (χ4v) is 1.10. The highest BCUT2D eigenvalue weighted by atomic mass is 35.5. The van der Waals surface area contributed by atoms with Crippen molar-refractivity contribution in [2.24, 2.45) is 5.73 Å². The van der Waals surface area contributed by atoms with Gasteiger partial charge < -0.3 is 15.6 Å². The topological polar surface area (TPSA) is 72.5 Å². The molecule has 1 aromatic carbocycles. The molecule has 84 valence electrons. The Kier molecular flexibility index (Phi) is 5.74. The van der Waals surface area contributed by atoms with Gasteiger partial charge in [0.1, 0.15) is 11.8 Å². The highest BCUT2D eigenvalue weighted by Crippen LogP contribution is 2.12. The monoisotopic (exact) mass is 231 g/mol. The summed E-state index contributed by atoms with van der Waals surface area (Å²) in [5, 5.41) is 8.59. The Labute approximate surface area is 94.5 Å². The lowest BCUT2D eigenvalue weighted by atomic mass is 10.1. The smallest absolute Gasteiger partial charge is 0.320 e. The maximum atomic E-state index is 10.5. The van der Waals surface area contributed by atoms with Crippen LogP contribution in [0, 0.1) is 0 Å². The molecule has 1 atom stereocenters. The van der Waals surface area contributed by atoms with Crippen molar-refractivity contribution in [2.75, 3.05) is 7.11 Å². The van der Waals surface area contributed by atoms with Crippen molar-refractivity contribution in [3.63, 3.8) is 0 Å². The molecule has 1 rings (SSSR count). The van der Waals surface area contributed by atoms with E-state index in [-0.39, 0.29) is 12.4 Å². The minimum atomic E-state index is -0.985. The van der Waals surface area contributed by atoms with Crippen LogP contribution >= 0.6 is 12.4 Å². The van der Waals surface area contributed by atoms with Gasteiger partial charge in [0.25, 0.3) is 0 Å². The van der Waals surface area contributed by atoms with E-state index >= 15 is 0 Å². The molecule has 0 aromatic heterocycles. The van der Waals surface area contributed by atoms with Crippen molar-refractivity contribution in [1.82, 2.24) is 0 Å². The van der Waals surface area contributed by atoms with E-state index in [2.05, 4.69) is 0 Å². The summed E-state index contributed by atoms with van der Waals surface area (Å²) in [5.74, 6) is -0.238. The Morgan fingerprint density at radius 1 is 1.47 bits per heavy atom. The number of hydrogen-bond acceptors (Lipinski definition) is 3. The number of hydrogen-bond donors (Lipinski definition) is 2. The number of benzene rings is 1. The standard InChI is InChI=1S/C10H13NO3.ClH/c1-14-8-4-2-7(3-5-8)6-9(11)10(12)13;/h2-5,9H,6,11H2,1H3,(H,12,13);1H/t9-;/m0./s1. The van der Waals surface area contributed by atoms with Gasteiger partial charge in [-0.05, 0) is 24.1 Å². The van der Waals surface area contributed by atoms with Crippen molar-refractivity contribution < 1.29 is 14.6 Å². The van der Waals surface area contributed by atoms with Gasteiger partial charge in [-0.3, -0.25) is 4.79 Å². The Bertz CT molecular complexity index is 313. The Hall–Kier alpha value is -1.26. The van der Waals surface area contributed by atoms with Crippen LogP contribution in [0.4, 0.5) is 0 Å². The van der Waals surface area contributed by atoms with Gasteiger partial charge >= 0.3 is 5.97 Å². The molecule has 0 saturated carbocycles. The molecule has 0 saturated heterocycles. The number of carbonyl (C=O) groups is 1. The lowest BCUT2D eigenvalue weighted by Gasteiger charge is -2.06. The molecule has 0 bridgehead atoms. The normalized spacial score (nSPS) is 11.3. The number of aliphatic carboxylic acids is 1. The first-order chi connectivity index (χ1) is 6.63. The van der Waals surface area contributed by atoms with Crippen molar-refractivity contribution in [2.45, 2.75) is 12.5 Å². The van der Waals surface area contributed by atoms with Gasteiger partial charge in [0.05, 0.1) is 7.11 Å². The highest BCUT2D eigenvalue weighted by molar-refractivity contribution is 5.85. The third-order valence-electron chi connectivity index (χ3n) is 1.93. The molecule has 0 spiro atoms. The third kappa shape index (κ3) is 4.18. The van der Waals surface area contributed by atoms with Gasteiger partial charge in [0, 0.05) is 0 Å². The van der Waals surface area contributed by atoms with Crippen molar-refractivity contribution in [3.05, 3.63) is 29.8 Å². The van der Waals surface area contributed by atoms with Crippen molar-refractivity contribution >= 4 is 18.4 Å². The van der Waals surface area contributed by atoms with E-state index in [9.17, 15) is 4.79 Å². The minimum absolute atomic E-state index is 0. The molecule has 0 fully saturated rings. The molecule has 0 amide bonds. The molecule has 0 radical (unpaired) electrons. The number of ether oxygens (including phenoxy) is 1. The van der Waals surface area contributed by atoms with E-state index < -0.39 is 12.0 Å². The predicted molar refractivity (Wildman–Crippen MR) is 59.6 cm³/mol. The first-order valence-electron chi connectivity index (χ1n) is 4.25. The number of methoxy groups -OCH3 is 1. The van der Waals surface area contributed by atoms with Crippen molar-refractivity contribution in [1.29, 1.82) is 0 Å². The van der Waals surface area contributed by atoms with Gasteiger partial charge in [-0.1, -0.05) is 12.1 Å². The van der Waals surface area contributed by atoms with Crippen LogP contribution in [0.5, 0.6) is 5.75 Å². The van der Waals surface area contributed by atoms with Crippen LogP contribution in [0.25, 0.3) is 0 Å². The Morgan fingerprint density at radius 2 is 2.00 bits per heavy atom. The summed E-state index contributed by atoms with van der Waals surface area (Å²) >= 11 is 0. The summed E-state index contributed by atoms with van der Waals surface area (Å²) in [6.07, 6.45) is 0.333. The van der Waals surface area contributed by atoms with Crippen LogP contribution in [0.3, 0.4) is 0 Å². The largest absolute Gasteiger partial charge is 0.497 e. The molecule has 0 unspecified atom stereocenters. The molecule has 1 aromatic rings. The van der Waals surface area contributed by atoms with E-state index in [0.29, 0.717) is 6.42 Å².